The number of alkyl halides is 2. The Labute approximate surface area is 207 Å². The third-order valence-corrected chi connectivity index (χ3v) is 5.10. The molecule has 188 valence electrons. The van der Waals surface area contributed by atoms with Gasteiger partial charge in [-0.05, 0) is 38.0 Å². The number of ether oxygens (including phenoxy) is 1. The largest absolute Gasteiger partial charge is 0.368 e. The van der Waals surface area contributed by atoms with Crippen LogP contribution in [-0.4, -0.2) is 34.8 Å². The molecule has 2 aromatic rings. The van der Waals surface area contributed by atoms with Gasteiger partial charge in [0.15, 0.2) is 17.5 Å². The van der Waals surface area contributed by atoms with Gasteiger partial charge < -0.3 is 20.7 Å². The van der Waals surface area contributed by atoms with Gasteiger partial charge >= 0.3 is 0 Å². The van der Waals surface area contributed by atoms with Crippen LogP contribution >= 0.6 is 23.2 Å². The van der Waals surface area contributed by atoms with Gasteiger partial charge in [0.1, 0.15) is 21.9 Å². The zero-order valence-corrected chi connectivity index (χ0v) is 19.6. The fourth-order valence-electron chi connectivity index (χ4n) is 3.26. The topological polar surface area (TPSA) is 96.5 Å². The van der Waals surface area contributed by atoms with E-state index in [1.807, 2.05) is 5.32 Å². The average molecular weight is 536 g/mol. The first-order valence-corrected chi connectivity index (χ1v) is 11.0. The van der Waals surface area contributed by atoms with Crippen molar-refractivity contribution in [3.63, 3.8) is 0 Å². The van der Waals surface area contributed by atoms with E-state index in [0.717, 1.165) is 18.2 Å². The fraction of sp³-hybridized carbons (Fsp3) is 0.318. The lowest BCUT2D eigenvalue weighted by Gasteiger charge is -2.15. The molecule has 0 saturated carbocycles. The Balaban J connectivity index is 1.83. The molecule has 1 atom stereocenters. The van der Waals surface area contributed by atoms with Gasteiger partial charge in [-0.2, -0.15) is 0 Å². The standard InChI is InChI=1S/C22H19Cl2F4N3O4/c1-22(23,24)9-16(32)29-10-7-11(17(27)13(26)8-10)20(33)31-19-12(25)4-5-14(18(19)28)30-21(34)15-3-2-6-35-15/h4-5,7-8,15H,2-3,6,9H2,1H3,(H,29,32)(H,30,34)(H,31,33). The summed E-state index contributed by atoms with van der Waals surface area (Å²) < 4.78 is 61.3. The molecule has 3 N–H and O–H groups in total. The molecular formula is C22H19Cl2F4N3O4. The molecule has 1 heterocycles. The maximum absolute atomic E-state index is 14.9. The van der Waals surface area contributed by atoms with Crippen molar-refractivity contribution >= 4 is 58.0 Å². The molecule has 1 saturated heterocycles. The summed E-state index contributed by atoms with van der Waals surface area (Å²) in [5.41, 5.74) is -2.74. The number of hydrogen-bond donors (Lipinski definition) is 3. The summed E-state index contributed by atoms with van der Waals surface area (Å²) in [5.74, 6) is -8.56. The van der Waals surface area contributed by atoms with E-state index in [2.05, 4.69) is 10.6 Å². The summed E-state index contributed by atoms with van der Waals surface area (Å²) in [7, 11) is 0. The first-order chi connectivity index (χ1) is 16.4. The summed E-state index contributed by atoms with van der Waals surface area (Å²) in [5, 5.41) is 6.28. The number of halogens is 6. The van der Waals surface area contributed by atoms with E-state index in [0.29, 0.717) is 25.5 Å². The van der Waals surface area contributed by atoms with Crippen LogP contribution in [0.4, 0.5) is 34.6 Å². The second kappa shape index (κ2) is 10.8. The van der Waals surface area contributed by atoms with Crippen molar-refractivity contribution in [3.05, 3.63) is 53.1 Å². The molecule has 7 nitrogen and oxygen atoms in total. The zero-order chi connectivity index (χ0) is 25.9. The molecule has 13 heteroatoms. The number of hydrogen-bond acceptors (Lipinski definition) is 4. The van der Waals surface area contributed by atoms with Crippen LogP contribution in [0, 0.1) is 23.3 Å². The molecule has 1 aliphatic heterocycles. The summed E-state index contributed by atoms with van der Waals surface area (Å²) in [6.45, 7) is 1.70. The minimum Gasteiger partial charge on any atom is -0.368 e. The highest BCUT2D eigenvalue weighted by atomic mass is 35.5. The van der Waals surface area contributed by atoms with Crippen LogP contribution in [0.2, 0.25) is 0 Å². The third kappa shape index (κ3) is 6.83. The lowest BCUT2D eigenvalue weighted by Crippen LogP contribution is -2.27. The van der Waals surface area contributed by atoms with Crippen LogP contribution in [-0.2, 0) is 14.3 Å². The molecular weight excluding hydrogens is 517 g/mol. The minimum atomic E-state index is -1.62. The fourth-order valence-corrected chi connectivity index (χ4v) is 3.50. The van der Waals surface area contributed by atoms with E-state index in [9.17, 15) is 31.9 Å². The summed E-state index contributed by atoms with van der Waals surface area (Å²) in [6.07, 6.45) is -0.144. The van der Waals surface area contributed by atoms with E-state index in [-0.39, 0.29) is 5.69 Å². The molecule has 2 aromatic carbocycles. The van der Waals surface area contributed by atoms with Gasteiger partial charge in [0.2, 0.25) is 5.91 Å². The SMILES string of the molecule is CC(Cl)(Cl)CC(=O)Nc1cc(F)c(F)c(C(=O)Nc2c(F)ccc(NC(=O)C3CCCO3)c2F)c1. The maximum atomic E-state index is 14.9. The molecule has 35 heavy (non-hydrogen) atoms. The van der Waals surface area contributed by atoms with Crippen LogP contribution in [0.15, 0.2) is 24.3 Å². The lowest BCUT2D eigenvalue weighted by atomic mass is 10.1. The van der Waals surface area contributed by atoms with E-state index in [1.165, 1.54) is 6.92 Å². The number of benzene rings is 2. The second-order valence-electron chi connectivity index (χ2n) is 7.84. The third-order valence-electron chi connectivity index (χ3n) is 4.84. The monoisotopic (exact) mass is 535 g/mol. The van der Waals surface area contributed by atoms with Crippen molar-refractivity contribution in [2.75, 3.05) is 22.6 Å². The Bertz CT molecular complexity index is 1170. The Morgan fingerprint density at radius 2 is 1.74 bits per heavy atom. The van der Waals surface area contributed by atoms with Crippen molar-refractivity contribution in [2.45, 2.75) is 36.6 Å². The van der Waals surface area contributed by atoms with Crippen LogP contribution in [0.25, 0.3) is 0 Å². The smallest absolute Gasteiger partial charge is 0.258 e. The Kier molecular flexibility index (Phi) is 8.24. The van der Waals surface area contributed by atoms with Crippen LogP contribution < -0.4 is 16.0 Å². The van der Waals surface area contributed by atoms with Gasteiger partial charge in [0.05, 0.1) is 17.7 Å². The normalized spacial score (nSPS) is 15.6. The molecule has 0 aromatic heterocycles. The Hall–Kier alpha value is -2.89. The van der Waals surface area contributed by atoms with E-state index in [4.69, 9.17) is 27.9 Å². The van der Waals surface area contributed by atoms with Crippen LogP contribution in [0.3, 0.4) is 0 Å². The number of anilines is 3. The van der Waals surface area contributed by atoms with Crippen molar-refractivity contribution in [3.8, 4) is 0 Å². The molecule has 3 amide bonds. The van der Waals surface area contributed by atoms with Gasteiger partial charge in [-0.1, -0.05) is 0 Å². The van der Waals surface area contributed by atoms with Gasteiger partial charge in [0.25, 0.3) is 11.8 Å². The number of nitrogens with one attached hydrogen (secondary N) is 3. The molecule has 3 rings (SSSR count). The van der Waals surface area contributed by atoms with Gasteiger partial charge in [-0.15, -0.1) is 23.2 Å². The molecule has 1 unspecified atom stereocenters. The first-order valence-electron chi connectivity index (χ1n) is 10.2. The molecule has 1 aliphatic rings. The first kappa shape index (κ1) is 26.7. The zero-order valence-electron chi connectivity index (χ0n) is 18.1. The van der Waals surface area contributed by atoms with Crippen LogP contribution in [0.1, 0.15) is 36.5 Å². The maximum Gasteiger partial charge on any atom is 0.258 e. The quantitative estimate of drug-likeness (QED) is 0.338. The lowest BCUT2D eigenvalue weighted by molar-refractivity contribution is -0.124. The molecule has 0 bridgehead atoms. The predicted molar refractivity (Wildman–Crippen MR) is 122 cm³/mol. The van der Waals surface area contributed by atoms with E-state index >= 15 is 0 Å². The number of rotatable bonds is 7. The van der Waals surface area contributed by atoms with Crippen molar-refractivity contribution in [1.29, 1.82) is 0 Å². The number of carbonyl (C=O) groups excluding carboxylic acids is 3. The van der Waals surface area contributed by atoms with Crippen molar-refractivity contribution in [1.82, 2.24) is 0 Å². The minimum absolute atomic E-state index is 0.324. The average Bonchev–Trinajstić information content (AvgIpc) is 3.29. The number of carbonyl (C=O) groups is 3. The van der Waals surface area contributed by atoms with Gasteiger partial charge in [-0.3, -0.25) is 14.4 Å². The summed E-state index contributed by atoms with van der Waals surface area (Å²) in [6, 6.07) is 3.08. The van der Waals surface area contributed by atoms with Gasteiger partial charge in [0, 0.05) is 18.4 Å². The van der Waals surface area contributed by atoms with Crippen LogP contribution in [0.5, 0.6) is 0 Å². The molecule has 0 radical (unpaired) electrons. The Morgan fingerprint density at radius 1 is 1.03 bits per heavy atom. The highest BCUT2D eigenvalue weighted by Gasteiger charge is 2.27. The summed E-state index contributed by atoms with van der Waals surface area (Å²) >= 11 is 11.5. The van der Waals surface area contributed by atoms with Gasteiger partial charge in [-0.25, -0.2) is 17.6 Å². The number of amides is 3. The highest BCUT2D eigenvalue weighted by Crippen LogP contribution is 2.29. The Morgan fingerprint density at radius 3 is 2.37 bits per heavy atom. The van der Waals surface area contributed by atoms with E-state index < -0.39 is 74.8 Å². The summed E-state index contributed by atoms with van der Waals surface area (Å²) in [4.78, 5) is 36.7. The molecule has 1 fully saturated rings. The second-order valence-corrected chi connectivity index (χ2v) is 9.71. The highest BCUT2D eigenvalue weighted by molar-refractivity contribution is 6.49. The predicted octanol–water partition coefficient (Wildman–Crippen LogP) is 5.14. The van der Waals surface area contributed by atoms with Crippen molar-refractivity contribution < 1.29 is 36.7 Å². The molecule has 0 aliphatic carbocycles. The van der Waals surface area contributed by atoms with E-state index in [1.54, 1.807) is 0 Å². The molecule has 0 spiro atoms. The van der Waals surface area contributed by atoms with Crippen molar-refractivity contribution in [2.24, 2.45) is 0 Å².